The number of hydrogen-bond acceptors (Lipinski definition) is 7. The third-order valence-corrected chi connectivity index (χ3v) is 4.90. The van der Waals surface area contributed by atoms with Crippen molar-refractivity contribution in [1.82, 2.24) is 9.55 Å². The number of aromatic hydroxyl groups is 1. The van der Waals surface area contributed by atoms with Crippen LogP contribution in [0.1, 0.15) is 0 Å². The highest BCUT2D eigenvalue weighted by atomic mass is 32.2. The van der Waals surface area contributed by atoms with Gasteiger partial charge in [-0.3, -0.25) is 9.36 Å². The molecule has 2 aromatic rings. The maximum absolute atomic E-state index is 11.6. The summed E-state index contributed by atoms with van der Waals surface area (Å²) >= 11 is 0.761. The molecule has 0 amide bonds. The third-order valence-electron chi connectivity index (χ3n) is 2.15. The van der Waals surface area contributed by atoms with Gasteiger partial charge in [0.15, 0.2) is 5.65 Å². The Labute approximate surface area is 105 Å². The first kappa shape index (κ1) is 12.5. The molecule has 18 heavy (non-hydrogen) atoms. The molecule has 1 N–H and O–H groups in total. The SMILES string of the molecule is CS(=O)(=O)c1nc2c(s1)c(O)cc(=O)n2CC#N. The van der Waals surface area contributed by atoms with Gasteiger partial charge in [-0.25, -0.2) is 13.4 Å². The summed E-state index contributed by atoms with van der Waals surface area (Å²) in [5.74, 6) is -0.336. The van der Waals surface area contributed by atoms with Crippen molar-refractivity contribution in [1.29, 1.82) is 5.26 Å². The molecular weight excluding hydrogens is 278 g/mol. The summed E-state index contributed by atoms with van der Waals surface area (Å²) in [6.45, 7) is -0.261. The summed E-state index contributed by atoms with van der Waals surface area (Å²) in [5.41, 5.74) is -0.598. The lowest BCUT2D eigenvalue weighted by Crippen LogP contribution is -2.18. The molecule has 0 unspecified atom stereocenters. The quantitative estimate of drug-likeness (QED) is 0.836. The molecule has 2 aromatic heterocycles. The van der Waals surface area contributed by atoms with Crippen LogP contribution in [0.2, 0.25) is 0 Å². The highest BCUT2D eigenvalue weighted by Gasteiger charge is 2.19. The lowest BCUT2D eigenvalue weighted by atomic mass is 10.4. The summed E-state index contributed by atoms with van der Waals surface area (Å²) in [4.78, 5) is 15.4. The van der Waals surface area contributed by atoms with Crippen molar-refractivity contribution in [3.05, 3.63) is 16.4 Å². The molecule has 94 valence electrons. The van der Waals surface area contributed by atoms with Crippen molar-refractivity contribution < 1.29 is 13.5 Å². The van der Waals surface area contributed by atoms with Crippen molar-refractivity contribution in [3.8, 4) is 11.8 Å². The molecule has 0 aliphatic rings. The van der Waals surface area contributed by atoms with Gasteiger partial charge in [-0.05, 0) is 0 Å². The molecule has 0 bridgehead atoms. The molecule has 2 rings (SSSR count). The topological polar surface area (TPSA) is 113 Å². The van der Waals surface area contributed by atoms with Crippen molar-refractivity contribution in [2.45, 2.75) is 10.9 Å². The normalized spacial score (nSPS) is 11.6. The van der Waals surface area contributed by atoms with Gasteiger partial charge in [0.05, 0.1) is 6.07 Å². The highest BCUT2D eigenvalue weighted by Crippen LogP contribution is 2.30. The van der Waals surface area contributed by atoms with Crippen LogP contribution in [-0.2, 0) is 16.4 Å². The minimum atomic E-state index is -3.53. The largest absolute Gasteiger partial charge is 0.506 e. The van der Waals surface area contributed by atoms with E-state index < -0.39 is 15.4 Å². The van der Waals surface area contributed by atoms with Gasteiger partial charge in [0.2, 0.25) is 14.2 Å². The monoisotopic (exact) mass is 285 g/mol. The number of aromatic nitrogens is 2. The van der Waals surface area contributed by atoms with E-state index in [9.17, 15) is 18.3 Å². The smallest absolute Gasteiger partial charge is 0.256 e. The number of nitrogens with zero attached hydrogens (tertiary/aromatic N) is 3. The fraction of sp³-hybridized carbons (Fsp3) is 0.222. The number of thiazole rings is 1. The van der Waals surface area contributed by atoms with E-state index in [2.05, 4.69) is 4.98 Å². The predicted molar refractivity (Wildman–Crippen MR) is 64.3 cm³/mol. The van der Waals surface area contributed by atoms with E-state index in [0.29, 0.717) is 0 Å². The Kier molecular flexibility index (Phi) is 2.84. The van der Waals surface area contributed by atoms with Crippen LogP contribution in [0, 0.1) is 11.3 Å². The van der Waals surface area contributed by atoms with Crippen LogP contribution in [0.15, 0.2) is 15.2 Å². The Balaban J connectivity index is 2.91. The summed E-state index contributed by atoms with van der Waals surface area (Å²) in [6, 6.07) is 2.72. The molecule has 2 heterocycles. The molecule has 0 aliphatic carbocycles. The minimum Gasteiger partial charge on any atom is -0.506 e. The number of sulfone groups is 1. The Morgan fingerprint density at radius 3 is 2.83 bits per heavy atom. The maximum Gasteiger partial charge on any atom is 0.256 e. The molecule has 0 aliphatic heterocycles. The second kappa shape index (κ2) is 4.08. The van der Waals surface area contributed by atoms with Gasteiger partial charge >= 0.3 is 0 Å². The van der Waals surface area contributed by atoms with Crippen LogP contribution < -0.4 is 5.56 Å². The molecule has 0 fully saturated rings. The first-order chi connectivity index (χ1) is 8.34. The first-order valence-electron chi connectivity index (χ1n) is 4.65. The van der Waals surface area contributed by atoms with E-state index in [1.54, 1.807) is 6.07 Å². The van der Waals surface area contributed by atoms with Crippen LogP contribution in [-0.4, -0.2) is 29.3 Å². The van der Waals surface area contributed by atoms with Crippen LogP contribution in [0.3, 0.4) is 0 Å². The third kappa shape index (κ3) is 1.96. The maximum atomic E-state index is 11.6. The van der Waals surface area contributed by atoms with Gasteiger partial charge in [-0.15, -0.1) is 0 Å². The molecule has 0 aromatic carbocycles. The fourth-order valence-electron chi connectivity index (χ4n) is 1.39. The number of fused-ring (bicyclic) bond motifs is 1. The van der Waals surface area contributed by atoms with E-state index in [1.165, 1.54) is 0 Å². The van der Waals surface area contributed by atoms with E-state index in [1.807, 2.05) is 0 Å². The van der Waals surface area contributed by atoms with Crippen molar-refractivity contribution in [3.63, 3.8) is 0 Å². The molecule has 0 atom stereocenters. The minimum absolute atomic E-state index is 0.00646. The second-order valence-corrected chi connectivity index (χ2v) is 6.71. The average molecular weight is 285 g/mol. The van der Waals surface area contributed by atoms with Crippen molar-refractivity contribution in [2.24, 2.45) is 0 Å². The Morgan fingerprint density at radius 2 is 2.28 bits per heavy atom. The van der Waals surface area contributed by atoms with Gasteiger partial charge in [-0.2, -0.15) is 5.26 Å². The standard InChI is InChI=1S/C9H7N3O4S2/c1-18(15,16)9-11-8-7(17-9)5(13)4-6(14)12(8)3-2-10/h4,13H,3H2,1H3. The van der Waals surface area contributed by atoms with Crippen LogP contribution in [0.4, 0.5) is 0 Å². The molecule has 0 spiro atoms. The van der Waals surface area contributed by atoms with Gasteiger partial charge in [0, 0.05) is 12.3 Å². The average Bonchev–Trinajstić information content (AvgIpc) is 2.68. The Hall–Kier alpha value is -1.92. The van der Waals surface area contributed by atoms with Crippen molar-refractivity contribution >= 4 is 31.5 Å². The zero-order valence-electron chi connectivity index (χ0n) is 9.11. The predicted octanol–water partition coefficient (Wildman–Crippen LogP) is 0.0907. The fourth-order valence-corrected chi connectivity index (χ4v) is 3.21. The molecule has 0 saturated carbocycles. The van der Waals surface area contributed by atoms with E-state index in [4.69, 9.17) is 5.26 Å². The number of nitriles is 1. The molecule has 9 heteroatoms. The first-order valence-corrected chi connectivity index (χ1v) is 7.35. The lowest BCUT2D eigenvalue weighted by molar-refractivity contribution is 0.480. The van der Waals surface area contributed by atoms with Gasteiger partial charge in [-0.1, -0.05) is 11.3 Å². The van der Waals surface area contributed by atoms with Crippen molar-refractivity contribution in [2.75, 3.05) is 6.26 Å². The van der Waals surface area contributed by atoms with Crippen LogP contribution in [0.5, 0.6) is 5.75 Å². The number of hydrogen-bond donors (Lipinski definition) is 1. The molecular formula is C9H7N3O4S2. The number of rotatable bonds is 2. The summed E-state index contributed by atoms with van der Waals surface area (Å²) in [5, 5.41) is 18.2. The number of pyridine rings is 1. The molecule has 0 saturated heterocycles. The zero-order valence-corrected chi connectivity index (χ0v) is 10.7. The summed E-state index contributed by atoms with van der Waals surface area (Å²) in [6.07, 6.45) is 0.981. The van der Waals surface area contributed by atoms with Crippen LogP contribution >= 0.6 is 11.3 Å². The van der Waals surface area contributed by atoms with E-state index in [0.717, 1.165) is 28.2 Å². The zero-order chi connectivity index (χ0) is 13.5. The van der Waals surface area contributed by atoms with Gasteiger partial charge in [0.25, 0.3) is 5.56 Å². The second-order valence-electron chi connectivity index (χ2n) is 3.52. The molecule has 7 nitrogen and oxygen atoms in total. The van der Waals surface area contributed by atoms with Gasteiger partial charge < -0.3 is 5.11 Å². The Morgan fingerprint density at radius 1 is 1.61 bits per heavy atom. The summed E-state index contributed by atoms with van der Waals surface area (Å²) < 4.78 is 23.7. The summed E-state index contributed by atoms with van der Waals surface area (Å²) in [7, 11) is -3.53. The van der Waals surface area contributed by atoms with Crippen LogP contribution in [0.25, 0.3) is 10.3 Å². The van der Waals surface area contributed by atoms with Gasteiger partial charge in [0.1, 0.15) is 17.0 Å². The van der Waals surface area contributed by atoms with E-state index in [-0.39, 0.29) is 27.0 Å². The molecule has 0 radical (unpaired) electrons. The van der Waals surface area contributed by atoms with E-state index >= 15 is 0 Å². The Bertz CT molecular complexity index is 826. The lowest BCUT2D eigenvalue weighted by Gasteiger charge is -2.01. The highest BCUT2D eigenvalue weighted by molar-refractivity contribution is 7.92.